The van der Waals surface area contributed by atoms with E-state index in [-0.39, 0.29) is 11.9 Å². The lowest BCUT2D eigenvalue weighted by atomic mass is 10.0. The van der Waals surface area contributed by atoms with Crippen LogP contribution in [0.1, 0.15) is 56.3 Å². The molecule has 0 aromatic heterocycles. The molecular formula is C15H21BrFNO. The first kappa shape index (κ1) is 16.2. The van der Waals surface area contributed by atoms with Gasteiger partial charge in [-0.3, -0.25) is 4.79 Å². The van der Waals surface area contributed by atoms with E-state index >= 15 is 0 Å². The maximum absolute atomic E-state index is 13.4. The van der Waals surface area contributed by atoms with E-state index < -0.39 is 5.82 Å². The molecule has 2 nitrogen and oxygen atoms in total. The van der Waals surface area contributed by atoms with Crippen molar-refractivity contribution in [1.82, 2.24) is 5.32 Å². The SMILES string of the molecule is CCCCC(CCC)NC(=O)c1ccc(Br)c(F)c1. The van der Waals surface area contributed by atoms with Gasteiger partial charge in [0.15, 0.2) is 0 Å². The van der Waals surface area contributed by atoms with Crippen LogP contribution in [0.2, 0.25) is 0 Å². The molecule has 0 saturated heterocycles. The molecule has 106 valence electrons. The Morgan fingerprint density at radius 3 is 2.63 bits per heavy atom. The third kappa shape index (κ3) is 5.31. The van der Waals surface area contributed by atoms with Gasteiger partial charge in [0, 0.05) is 11.6 Å². The van der Waals surface area contributed by atoms with Crippen LogP contribution in [0.15, 0.2) is 22.7 Å². The highest BCUT2D eigenvalue weighted by Crippen LogP contribution is 2.17. The molecule has 0 heterocycles. The second-order valence-electron chi connectivity index (χ2n) is 4.73. The fourth-order valence-electron chi connectivity index (χ4n) is 1.99. The summed E-state index contributed by atoms with van der Waals surface area (Å²) in [5, 5.41) is 2.99. The highest BCUT2D eigenvalue weighted by atomic mass is 79.9. The van der Waals surface area contributed by atoms with Gasteiger partial charge in [0.05, 0.1) is 4.47 Å². The number of carbonyl (C=O) groups excluding carboxylic acids is 1. The molecule has 1 aromatic rings. The first-order valence-electron chi connectivity index (χ1n) is 6.84. The molecule has 1 amide bonds. The van der Waals surface area contributed by atoms with Gasteiger partial charge in [-0.05, 0) is 47.0 Å². The number of rotatable bonds is 7. The van der Waals surface area contributed by atoms with Gasteiger partial charge in [-0.2, -0.15) is 0 Å². The predicted octanol–water partition coefficient (Wildman–Crippen LogP) is 4.68. The summed E-state index contributed by atoms with van der Waals surface area (Å²) in [6, 6.07) is 4.64. The summed E-state index contributed by atoms with van der Waals surface area (Å²) in [5.41, 5.74) is 0.373. The van der Waals surface area contributed by atoms with Crippen molar-refractivity contribution in [3.63, 3.8) is 0 Å². The number of hydrogen-bond donors (Lipinski definition) is 1. The average Bonchev–Trinajstić information content (AvgIpc) is 2.39. The molecule has 19 heavy (non-hydrogen) atoms. The van der Waals surface area contributed by atoms with Crippen LogP contribution in [0.3, 0.4) is 0 Å². The summed E-state index contributed by atoms with van der Waals surface area (Å²) >= 11 is 3.08. The van der Waals surface area contributed by atoms with E-state index in [1.807, 2.05) is 0 Å². The second kappa shape index (κ2) is 8.31. The van der Waals surface area contributed by atoms with Crippen LogP contribution in [0.5, 0.6) is 0 Å². The molecule has 0 radical (unpaired) electrons. The Hall–Kier alpha value is -0.900. The third-order valence-corrected chi connectivity index (χ3v) is 3.70. The third-order valence-electron chi connectivity index (χ3n) is 3.06. The number of carbonyl (C=O) groups is 1. The van der Waals surface area contributed by atoms with Crippen molar-refractivity contribution >= 4 is 21.8 Å². The predicted molar refractivity (Wildman–Crippen MR) is 79.8 cm³/mol. The van der Waals surface area contributed by atoms with Crippen molar-refractivity contribution in [2.45, 2.75) is 52.0 Å². The second-order valence-corrected chi connectivity index (χ2v) is 5.58. The van der Waals surface area contributed by atoms with Gasteiger partial charge in [-0.15, -0.1) is 0 Å². The highest BCUT2D eigenvalue weighted by Gasteiger charge is 2.14. The van der Waals surface area contributed by atoms with Crippen LogP contribution >= 0.6 is 15.9 Å². The minimum Gasteiger partial charge on any atom is -0.349 e. The van der Waals surface area contributed by atoms with Crippen molar-refractivity contribution in [2.75, 3.05) is 0 Å². The molecule has 0 aliphatic carbocycles. The van der Waals surface area contributed by atoms with Gasteiger partial charge in [-0.25, -0.2) is 4.39 Å². The van der Waals surface area contributed by atoms with Crippen LogP contribution in [0.4, 0.5) is 4.39 Å². The lowest BCUT2D eigenvalue weighted by Gasteiger charge is -2.18. The monoisotopic (exact) mass is 329 g/mol. The van der Waals surface area contributed by atoms with Crippen molar-refractivity contribution in [3.05, 3.63) is 34.1 Å². The lowest BCUT2D eigenvalue weighted by molar-refractivity contribution is 0.0931. The van der Waals surface area contributed by atoms with E-state index in [4.69, 9.17) is 0 Å². The van der Waals surface area contributed by atoms with E-state index in [1.54, 1.807) is 12.1 Å². The molecule has 1 unspecified atom stereocenters. The summed E-state index contributed by atoms with van der Waals surface area (Å²) < 4.78 is 13.8. The number of hydrogen-bond acceptors (Lipinski definition) is 1. The maximum atomic E-state index is 13.4. The largest absolute Gasteiger partial charge is 0.349 e. The Bertz CT molecular complexity index is 423. The molecule has 1 atom stereocenters. The minimum absolute atomic E-state index is 0.184. The van der Waals surface area contributed by atoms with E-state index in [1.165, 1.54) is 6.07 Å². The van der Waals surface area contributed by atoms with Crippen LogP contribution < -0.4 is 5.32 Å². The van der Waals surface area contributed by atoms with Crippen molar-refractivity contribution in [3.8, 4) is 0 Å². The Labute approximate surface area is 122 Å². The number of nitrogens with one attached hydrogen (secondary N) is 1. The van der Waals surface area contributed by atoms with Gasteiger partial charge in [-0.1, -0.05) is 33.1 Å². The standard InChI is InChI=1S/C15H21BrFNO/c1-3-5-7-12(6-4-2)18-15(19)11-8-9-13(16)14(17)10-11/h8-10,12H,3-7H2,1-2H3,(H,18,19). The Morgan fingerprint density at radius 2 is 2.05 bits per heavy atom. The topological polar surface area (TPSA) is 29.1 Å². The average molecular weight is 330 g/mol. The van der Waals surface area contributed by atoms with Crippen LogP contribution in [0.25, 0.3) is 0 Å². The highest BCUT2D eigenvalue weighted by molar-refractivity contribution is 9.10. The minimum atomic E-state index is -0.409. The molecule has 1 aromatic carbocycles. The van der Waals surface area contributed by atoms with Crippen LogP contribution in [-0.2, 0) is 0 Å². The van der Waals surface area contributed by atoms with E-state index in [0.29, 0.717) is 10.0 Å². The number of amides is 1. The van der Waals surface area contributed by atoms with Gasteiger partial charge >= 0.3 is 0 Å². The molecule has 1 N–H and O–H groups in total. The zero-order valence-electron chi connectivity index (χ0n) is 11.5. The van der Waals surface area contributed by atoms with Gasteiger partial charge in [0.25, 0.3) is 5.91 Å². The molecule has 0 aliphatic rings. The van der Waals surface area contributed by atoms with Crippen LogP contribution in [-0.4, -0.2) is 11.9 Å². The Balaban J connectivity index is 2.66. The molecule has 0 aliphatic heterocycles. The van der Waals surface area contributed by atoms with Gasteiger partial charge in [0.2, 0.25) is 0 Å². The summed E-state index contributed by atoms with van der Waals surface area (Å²) in [4.78, 5) is 12.1. The number of unbranched alkanes of at least 4 members (excludes halogenated alkanes) is 1. The Morgan fingerprint density at radius 1 is 1.32 bits per heavy atom. The van der Waals surface area contributed by atoms with E-state index in [9.17, 15) is 9.18 Å². The van der Waals surface area contributed by atoms with Crippen LogP contribution in [0, 0.1) is 5.82 Å². The summed E-state index contributed by atoms with van der Waals surface area (Å²) in [7, 11) is 0. The molecule has 0 spiro atoms. The van der Waals surface area contributed by atoms with E-state index in [2.05, 4.69) is 35.1 Å². The quantitative estimate of drug-likeness (QED) is 0.773. The fourth-order valence-corrected chi connectivity index (χ4v) is 2.24. The zero-order valence-corrected chi connectivity index (χ0v) is 13.1. The molecule has 1 rings (SSSR count). The molecular weight excluding hydrogens is 309 g/mol. The first-order valence-corrected chi connectivity index (χ1v) is 7.63. The van der Waals surface area contributed by atoms with Crippen molar-refractivity contribution in [1.29, 1.82) is 0 Å². The maximum Gasteiger partial charge on any atom is 0.251 e. The zero-order chi connectivity index (χ0) is 14.3. The molecule has 0 bridgehead atoms. The smallest absolute Gasteiger partial charge is 0.251 e. The summed E-state index contributed by atoms with van der Waals surface area (Å²) in [5.74, 6) is -0.603. The summed E-state index contributed by atoms with van der Waals surface area (Å²) in [6.07, 6.45) is 5.19. The normalized spacial score (nSPS) is 12.2. The van der Waals surface area contributed by atoms with E-state index in [0.717, 1.165) is 32.1 Å². The number of benzene rings is 1. The first-order chi connectivity index (χ1) is 9.08. The fraction of sp³-hybridized carbons (Fsp3) is 0.533. The lowest BCUT2D eigenvalue weighted by Crippen LogP contribution is -2.34. The van der Waals surface area contributed by atoms with Crippen molar-refractivity contribution < 1.29 is 9.18 Å². The molecule has 0 saturated carbocycles. The van der Waals surface area contributed by atoms with Gasteiger partial charge < -0.3 is 5.32 Å². The van der Waals surface area contributed by atoms with Crippen molar-refractivity contribution in [2.24, 2.45) is 0 Å². The van der Waals surface area contributed by atoms with Gasteiger partial charge in [0.1, 0.15) is 5.82 Å². The summed E-state index contributed by atoms with van der Waals surface area (Å²) in [6.45, 7) is 4.24. The molecule has 0 fully saturated rings. The number of halogens is 2. The Kier molecular flexibility index (Phi) is 7.06. The molecule has 4 heteroatoms.